The Morgan fingerprint density at radius 3 is 2.26 bits per heavy atom. The normalized spacial score (nSPS) is 12.2. The number of alkyl halides is 6. The number of carbonyl (C=O) groups excluding carboxylic acids is 1. The molecule has 2 aromatic carbocycles. The Morgan fingerprint density at radius 2 is 1.55 bits per heavy atom. The molecule has 0 aliphatic heterocycles. The summed E-state index contributed by atoms with van der Waals surface area (Å²) in [6.45, 7) is 0. The molecule has 0 aliphatic rings. The average molecular weight is 442 g/mol. The molecule has 0 amide bonds. The van der Waals surface area contributed by atoms with Crippen molar-refractivity contribution in [2.45, 2.75) is 12.7 Å². The molecule has 0 radical (unpaired) electrons. The third kappa shape index (κ3) is 6.39. The molecule has 1 heterocycles. The van der Waals surface area contributed by atoms with Crippen molar-refractivity contribution in [3.8, 4) is 22.8 Å². The van der Waals surface area contributed by atoms with Crippen molar-refractivity contribution in [3.63, 3.8) is 0 Å². The average Bonchev–Trinajstić information content (AvgIpc) is 3.13. The van der Waals surface area contributed by atoms with Crippen LogP contribution in [0.2, 0.25) is 0 Å². The van der Waals surface area contributed by atoms with Gasteiger partial charge in [0.1, 0.15) is 23.0 Å². The maximum absolute atomic E-state index is 12.6. The molecular weight excluding hydrogens is 430 g/mol. The Bertz CT molecular complexity index is 1100. The second-order valence-corrected chi connectivity index (χ2v) is 6.02. The van der Waals surface area contributed by atoms with E-state index in [0.717, 1.165) is 24.3 Å². The minimum Gasteiger partial charge on any atom is -0.457 e. The molecule has 0 bridgehead atoms. The van der Waals surface area contributed by atoms with Crippen molar-refractivity contribution in [2.75, 3.05) is 0 Å². The molecule has 4 nitrogen and oxygen atoms in total. The first-order chi connectivity index (χ1) is 14.5. The molecule has 0 aliphatic carbocycles. The van der Waals surface area contributed by atoms with Gasteiger partial charge in [-0.1, -0.05) is 24.3 Å². The summed E-state index contributed by atoms with van der Waals surface area (Å²) < 4.78 is 87.8. The Labute approximate surface area is 171 Å². The molecule has 10 heteroatoms. The van der Waals surface area contributed by atoms with E-state index >= 15 is 0 Å². The van der Waals surface area contributed by atoms with Gasteiger partial charge in [-0.25, -0.2) is 0 Å². The fourth-order valence-electron chi connectivity index (χ4n) is 2.57. The fraction of sp³-hybridized carbons (Fsp3) is 0.0952. The zero-order chi connectivity index (χ0) is 22.6. The van der Waals surface area contributed by atoms with Crippen LogP contribution >= 0.6 is 0 Å². The summed E-state index contributed by atoms with van der Waals surface area (Å²) in [5.41, 5.74) is -0.0171. The van der Waals surface area contributed by atoms with Gasteiger partial charge in [0, 0.05) is 5.56 Å². The van der Waals surface area contributed by atoms with E-state index in [2.05, 4.69) is 9.47 Å². The second kappa shape index (κ2) is 8.58. The highest BCUT2D eigenvalue weighted by atomic mass is 19.4. The van der Waals surface area contributed by atoms with Crippen LogP contribution in [-0.4, -0.2) is 18.5 Å². The number of hydrogen-bond acceptors (Lipinski definition) is 4. The Kier molecular flexibility index (Phi) is 6.09. The van der Waals surface area contributed by atoms with Gasteiger partial charge < -0.3 is 13.9 Å². The minimum atomic E-state index is -4.89. The molecule has 31 heavy (non-hydrogen) atoms. The molecule has 3 rings (SSSR count). The predicted molar refractivity (Wildman–Crippen MR) is 97.3 cm³/mol. The van der Waals surface area contributed by atoms with Crippen molar-refractivity contribution in [2.24, 2.45) is 0 Å². The quantitative estimate of drug-likeness (QED) is 0.244. The lowest BCUT2D eigenvalue weighted by atomic mass is 10.1. The topological polar surface area (TPSA) is 48.7 Å². The maximum Gasteiger partial charge on any atom is 0.573 e. The molecule has 0 fully saturated rings. The van der Waals surface area contributed by atoms with Crippen molar-refractivity contribution >= 4 is 11.9 Å². The van der Waals surface area contributed by atoms with Gasteiger partial charge in [-0.2, -0.15) is 0 Å². The van der Waals surface area contributed by atoms with Crippen LogP contribution in [0.3, 0.4) is 0 Å². The van der Waals surface area contributed by atoms with Crippen LogP contribution in [0.5, 0.6) is 11.5 Å². The number of carbonyl (C=O) groups is 1. The monoisotopic (exact) mass is 442 g/mol. The van der Waals surface area contributed by atoms with Crippen LogP contribution in [-0.2, 0) is 0 Å². The van der Waals surface area contributed by atoms with Crippen LogP contribution in [0.25, 0.3) is 17.4 Å². The highest BCUT2D eigenvalue weighted by Gasteiger charge is 2.32. The van der Waals surface area contributed by atoms with Gasteiger partial charge in [-0.15, -0.1) is 26.3 Å². The predicted octanol–water partition coefficient (Wildman–Crippen LogP) is 6.64. The highest BCUT2D eigenvalue weighted by molar-refractivity contribution is 6.06. The third-order valence-corrected chi connectivity index (χ3v) is 3.76. The standard InChI is InChI=1S/C21H12F6O4/c22-20(23,24)30-15-5-3-4-13(12-15)17(28)10-8-14-9-11-18(29-14)16-6-1-2-7-19(16)31-21(25,26)27/h1-12H. The molecule has 0 saturated carbocycles. The van der Waals surface area contributed by atoms with Gasteiger partial charge in [0.15, 0.2) is 5.78 Å². The van der Waals surface area contributed by atoms with Crippen molar-refractivity contribution in [3.05, 3.63) is 78.1 Å². The number of benzene rings is 2. The van der Waals surface area contributed by atoms with Crippen LogP contribution in [0.4, 0.5) is 26.3 Å². The van der Waals surface area contributed by atoms with Crippen LogP contribution < -0.4 is 9.47 Å². The number of rotatable bonds is 6. The molecule has 0 spiro atoms. The molecular formula is C21H12F6O4. The molecule has 1 aromatic heterocycles. The van der Waals surface area contributed by atoms with E-state index in [1.165, 1.54) is 48.5 Å². The summed E-state index contributed by atoms with van der Waals surface area (Å²) >= 11 is 0. The minimum absolute atomic E-state index is 0.0443. The number of para-hydroxylation sites is 1. The number of halogens is 6. The molecule has 0 saturated heterocycles. The Balaban J connectivity index is 1.76. The maximum atomic E-state index is 12.6. The van der Waals surface area contributed by atoms with Gasteiger partial charge in [0.2, 0.25) is 0 Å². The molecule has 0 N–H and O–H groups in total. The summed E-state index contributed by atoms with van der Waals surface area (Å²) in [6.07, 6.45) is -7.50. The van der Waals surface area contributed by atoms with E-state index in [4.69, 9.17) is 4.42 Å². The summed E-state index contributed by atoms with van der Waals surface area (Å²) in [4.78, 5) is 12.2. The zero-order valence-corrected chi connectivity index (χ0v) is 15.3. The van der Waals surface area contributed by atoms with Crippen LogP contribution in [0, 0.1) is 0 Å². The zero-order valence-electron chi connectivity index (χ0n) is 15.3. The SMILES string of the molecule is O=C(C=Cc1ccc(-c2ccccc2OC(F)(F)F)o1)c1cccc(OC(F)(F)F)c1. The number of ether oxygens (including phenoxy) is 2. The Hall–Kier alpha value is -3.69. The molecule has 162 valence electrons. The van der Waals surface area contributed by atoms with Gasteiger partial charge in [0.05, 0.1) is 5.56 Å². The first-order valence-corrected chi connectivity index (χ1v) is 8.53. The summed E-state index contributed by atoms with van der Waals surface area (Å²) in [6, 6.07) is 12.7. The lowest BCUT2D eigenvalue weighted by Crippen LogP contribution is -2.17. The lowest BCUT2D eigenvalue weighted by Gasteiger charge is -2.11. The third-order valence-electron chi connectivity index (χ3n) is 3.76. The second-order valence-electron chi connectivity index (χ2n) is 6.02. The van der Waals surface area contributed by atoms with Gasteiger partial charge in [-0.3, -0.25) is 4.79 Å². The highest BCUT2D eigenvalue weighted by Crippen LogP contribution is 2.34. The lowest BCUT2D eigenvalue weighted by molar-refractivity contribution is -0.275. The first-order valence-electron chi connectivity index (χ1n) is 8.53. The van der Waals surface area contributed by atoms with E-state index in [-0.39, 0.29) is 22.6 Å². The number of furan rings is 1. The summed E-state index contributed by atoms with van der Waals surface area (Å²) in [5, 5.41) is 0. The number of ketones is 1. The van der Waals surface area contributed by atoms with E-state index < -0.39 is 30.0 Å². The van der Waals surface area contributed by atoms with E-state index in [9.17, 15) is 31.1 Å². The van der Waals surface area contributed by atoms with E-state index in [1.54, 1.807) is 0 Å². The van der Waals surface area contributed by atoms with E-state index in [0.29, 0.717) is 0 Å². The largest absolute Gasteiger partial charge is 0.573 e. The first kappa shape index (κ1) is 22.0. The number of allylic oxidation sites excluding steroid dienone is 1. The smallest absolute Gasteiger partial charge is 0.457 e. The van der Waals surface area contributed by atoms with Gasteiger partial charge in [0.25, 0.3) is 0 Å². The van der Waals surface area contributed by atoms with Crippen molar-refractivity contribution < 1.29 is 45.0 Å². The molecule has 0 unspecified atom stereocenters. The van der Waals surface area contributed by atoms with Crippen LogP contribution in [0.15, 0.2) is 71.2 Å². The van der Waals surface area contributed by atoms with Crippen molar-refractivity contribution in [1.29, 1.82) is 0 Å². The Morgan fingerprint density at radius 1 is 0.839 bits per heavy atom. The summed E-state index contributed by atoms with van der Waals surface area (Å²) in [5.74, 6) is -1.45. The number of hydrogen-bond donors (Lipinski definition) is 0. The molecule has 0 atom stereocenters. The van der Waals surface area contributed by atoms with Gasteiger partial charge in [-0.05, 0) is 48.6 Å². The van der Waals surface area contributed by atoms with Crippen LogP contribution in [0.1, 0.15) is 16.1 Å². The molecule has 3 aromatic rings. The van der Waals surface area contributed by atoms with Gasteiger partial charge >= 0.3 is 12.7 Å². The summed E-state index contributed by atoms with van der Waals surface area (Å²) in [7, 11) is 0. The fourth-order valence-corrected chi connectivity index (χ4v) is 2.57. The van der Waals surface area contributed by atoms with E-state index in [1.807, 2.05) is 0 Å². The van der Waals surface area contributed by atoms with Crippen molar-refractivity contribution in [1.82, 2.24) is 0 Å².